The Morgan fingerprint density at radius 1 is 1.29 bits per heavy atom. The minimum absolute atomic E-state index is 0.385. The van der Waals surface area contributed by atoms with Gasteiger partial charge in [-0.2, -0.15) is 0 Å². The lowest BCUT2D eigenvalue weighted by molar-refractivity contribution is 0.515. The summed E-state index contributed by atoms with van der Waals surface area (Å²) in [5, 5.41) is 5.21. The highest BCUT2D eigenvalue weighted by molar-refractivity contribution is 7.99. The summed E-state index contributed by atoms with van der Waals surface area (Å²) in [6.07, 6.45) is 8.94. The van der Waals surface area contributed by atoms with E-state index in [1.807, 2.05) is 25.0 Å². The molecule has 2 rings (SSSR count). The van der Waals surface area contributed by atoms with Crippen molar-refractivity contribution in [3.63, 3.8) is 0 Å². The Kier molecular flexibility index (Phi) is 4.86. The van der Waals surface area contributed by atoms with Crippen molar-refractivity contribution in [2.45, 2.75) is 55.3 Å². The van der Waals surface area contributed by atoms with Crippen LogP contribution in [-0.2, 0) is 0 Å². The summed E-state index contributed by atoms with van der Waals surface area (Å²) in [6, 6.07) is 4.75. The molecule has 0 spiro atoms. The molecule has 1 atom stereocenters. The number of rotatable bonds is 4. The van der Waals surface area contributed by atoms with Crippen LogP contribution in [0.4, 0.5) is 0 Å². The number of aromatic nitrogens is 1. The first-order valence-corrected chi connectivity index (χ1v) is 7.47. The van der Waals surface area contributed by atoms with Crippen molar-refractivity contribution in [1.29, 1.82) is 0 Å². The first-order valence-electron chi connectivity index (χ1n) is 6.59. The maximum Gasteiger partial charge on any atom is 0.0962 e. The molecular formula is C14H22N2S. The second kappa shape index (κ2) is 6.41. The fraction of sp³-hybridized carbons (Fsp3) is 0.643. The molecule has 1 N–H and O–H groups in total. The standard InChI is InChI=1S/C14H22N2S/c1-11(15-2)12-8-9-14(16-10-12)17-13-6-4-3-5-7-13/h8-11,13,15H,3-7H2,1-2H3. The minimum atomic E-state index is 0.385. The van der Waals surface area contributed by atoms with E-state index in [4.69, 9.17) is 0 Å². The molecule has 0 amide bonds. The van der Waals surface area contributed by atoms with Crippen molar-refractivity contribution in [2.24, 2.45) is 0 Å². The zero-order valence-corrected chi connectivity index (χ0v) is 11.6. The van der Waals surface area contributed by atoms with Gasteiger partial charge in [0, 0.05) is 17.5 Å². The molecule has 1 aromatic heterocycles. The van der Waals surface area contributed by atoms with E-state index in [1.54, 1.807) is 0 Å². The normalized spacial score (nSPS) is 19.2. The van der Waals surface area contributed by atoms with Gasteiger partial charge >= 0.3 is 0 Å². The zero-order chi connectivity index (χ0) is 12.1. The first-order chi connectivity index (χ1) is 8.29. The van der Waals surface area contributed by atoms with Crippen molar-refractivity contribution < 1.29 is 0 Å². The third kappa shape index (κ3) is 3.71. The highest BCUT2D eigenvalue weighted by atomic mass is 32.2. The van der Waals surface area contributed by atoms with Gasteiger partial charge in [0.15, 0.2) is 0 Å². The molecule has 0 aromatic carbocycles. The fourth-order valence-electron chi connectivity index (χ4n) is 2.24. The molecule has 1 saturated carbocycles. The number of hydrogen-bond acceptors (Lipinski definition) is 3. The molecule has 0 radical (unpaired) electrons. The highest BCUT2D eigenvalue weighted by Crippen LogP contribution is 2.32. The van der Waals surface area contributed by atoms with Gasteiger partial charge in [-0.3, -0.25) is 0 Å². The average Bonchev–Trinajstić information content (AvgIpc) is 2.40. The summed E-state index contributed by atoms with van der Waals surface area (Å²) in [6.45, 7) is 2.16. The van der Waals surface area contributed by atoms with E-state index >= 15 is 0 Å². The molecule has 0 bridgehead atoms. The predicted octanol–water partition coefficient (Wildman–Crippen LogP) is 3.79. The fourth-order valence-corrected chi connectivity index (χ4v) is 3.41. The van der Waals surface area contributed by atoms with Crippen LogP contribution in [0.5, 0.6) is 0 Å². The molecule has 2 nitrogen and oxygen atoms in total. The number of hydrogen-bond donors (Lipinski definition) is 1. The van der Waals surface area contributed by atoms with E-state index in [2.05, 4.69) is 29.4 Å². The molecule has 1 fully saturated rings. The van der Waals surface area contributed by atoms with Gasteiger partial charge in [-0.1, -0.05) is 25.3 Å². The SMILES string of the molecule is CNC(C)c1ccc(SC2CCCCC2)nc1. The van der Waals surface area contributed by atoms with Crippen LogP contribution in [0.3, 0.4) is 0 Å². The van der Waals surface area contributed by atoms with E-state index in [-0.39, 0.29) is 0 Å². The molecule has 1 aromatic rings. The largest absolute Gasteiger partial charge is 0.313 e. The van der Waals surface area contributed by atoms with Gasteiger partial charge in [0.05, 0.1) is 5.03 Å². The smallest absolute Gasteiger partial charge is 0.0962 e. The number of nitrogens with zero attached hydrogens (tertiary/aromatic N) is 1. The van der Waals surface area contributed by atoms with Crippen molar-refractivity contribution >= 4 is 11.8 Å². The van der Waals surface area contributed by atoms with Crippen molar-refractivity contribution in [3.05, 3.63) is 23.9 Å². The van der Waals surface area contributed by atoms with Gasteiger partial charge in [0.25, 0.3) is 0 Å². The van der Waals surface area contributed by atoms with Crippen LogP contribution in [0.15, 0.2) is 23.4 Å². The zero-order valence-electron chi connectivity index (χ0n) is 10.8. The summed E-state index contributed by atoms with van der Waals surface area (Å²) in [5.41, 5.74) is 1.26. The molecule has 94 valence electrons. The van der Waals surface area contributed by atoms with Crippen LogP contribution in [0.1, 0.15) is 50.6 Å². The van der Waals surface area contributed by atoms with Crippen LogP contribution in [-0.4, -0.2) is 17.3 Å². The number of thioether (sulfide) groups is 1. The lowest BCUT2D eigenvalue weighted by atomic mass is 10.0. The van der Waals surface area contributed by atoms with Crippen LogP contribution in [0, 0.1) is 0 Å². The topological polar surface area (TPSA) is 24.9 Å². The van der Waals surface area contributed by atoms with Gasteiger partial charge < -0.3 is 5.32 Å². The maximum atomic E-state index is 4.56. The molecular weight excluding hydrogens is 228 g/mol. The minimum Gasteiger partial charge on any atom is -0.313 e. The lowest BCUT2D eigenvalue weighted by Gasteiger charge is -2.20. The summed E-state index contributed by atoms with van der Waals surface area (Å²) >= 11 is 1.96. The molecule has 17 heavy (non-hydrogen) atoms. The molecule has 1 unspecified atom stereocenters. The summed E-state index contributed by atoms with van der Waals surface area (Å²) in [4.78, 5) is 4.56. The molecule has 0 aliphatic heterocycles. The Labute approximate surface area is 109 Å². The molecule has 3 heteroatoms. The Hall–Kier alpha value is -0.540. The second-order valence-corrected chi connectivity index (χ2v) is 6.14. The Morgan fingerprint density at radius 2 is 2.06 bits per heavy atom. The van der Waals surface area contributed by atoms with Crippen LogP contribution in [0.2, 0.25) is 0 Å². The van der Waals surface area contributed by atoms with Crippen LogP contribution in [0.25, 0.3) is 0 Å². The molecule has 1 aliphatic carbocycles. The van der Waals surface area contributed by atoms with Gasteiger partial charge in [-0.05, 0) is 38.4 Å². The number of nitrogens with one attached hydrogen (secondary N) is 1. The van der Waals surface area contributed by atoms with Crippen LogP contribution >= 0.6 is 11.8 Å². The quantitative estimate of drug-likeness (QED) is 0.880. The van der Waals surface area contributed by atoms with Gasteiger partial charge in [-0.15, -0.1) is 11.8 Å². The summed E-state index contributed by atoms with van der Waals surface area (Å²) in [7, 11) is 1.98. The molecule has 1 aliphatic rings. The third-order valence-corrected chi connectivity index (χ3v) is 4.82. The third-order valence-electron chi connectivity index (χ3n) is 3.53. The van der Waals surface area contributed by atoms with E-state index in [0.29, 0.717) is 6.04 Å². The van der Waals surface area contributed by atoms with E-state index in [9.17, 15) is 0 Å². The first kappa shape index (κ1) is 12.9. The lowest BCUT2D eigenvalue weighted by Crippen LogP contribution is -2.12. The predicted molar refractivity (Wildman–Crippen MR) is 74.4 cm³/mol. The monoisotopic (exact) mass is 250 g/mol. The summed E-state index contributed by atoms with van der Waals surface area (Å²) in [5.74, 6) is 0. The van der Waals surface area contributed by atoms with Crippen LogP contribution < -0.4 is 5.32 Å². The van der Waals surface area contributed by atoms with Gasteiger partial charge in [0.2, 0.25) is 0 Å². The highest BCUT2D eigenvalue weighted by Gasteiger charge is 2.15. The Bertz CT molecular complexity index is 331. The second-order valence-electron chi connectivity index (χ2n) is 4.82. The van der Waals surface area contributed by atoms with E-state index in [0.717, 1.165) is 5.25 Å². The van der Waals surface area contributed by atoms with E-state index in [1.165, 1.54) is 42.7 Å². The number of pyridine rings is 1. The maximum absolute atomic E-state index is 4.56. The van der Waals surface area contributed by atoms with Gasteiger partial charge in [-0.25, -0.2) is 4.98 Å². The van der Waals surface area contributed by atoms with Gasteiger partial charge in [0.1, 0.15) is 0 Å². The Morgan fingerprint density at radius 3 is 2.65 bits per heavy atom. The van der Waals surface area contributed by atoms with Crippen molar-refractivity contribution in [3.8, 4) is 0 Å². The summed E-state index contributed by atoms with van der Waals surface area (Å²) < 4.78 is 0. The Balaban J connectivity index is 1.93. The molecule has 0 saturated heterocycles. The van der Waals surface area contributed by atoms with Crippen molar-refractivity contribution in [2.75, 3.05) is 7.05 Å². The average molecular weight is 250 g/mol. The molecule has 1 heterocycles. The van der Waals surface area contributed by atoms with Crippen molar-refractivity contribution in [1.82, 2.24) is 10.3 Å². The van der Waals surface area contributed by atoms with E-state index < -0.39 is 0 Å².